The van der Waals surface area contributed by atoms with Gasteiger partial charge in [-0.25, -0.2) is 4.68 Å². The van der Waals surface area contributed by atoms with Gasteiger partial charge in [0.1, 0.15) is 0 Å². The largest absolute Gasteiger partial charge is 0.357 e. The molecule has 0 aliphatic carbocycles. The molecule has 0 aliphatic heterocycles. The van der Waals surface area contributed by atoms with Crippen molar-refractivity contribution in [2.45, 2.75) is 26.3 Å². The maximum Gasteiger partial charge on any atom is 0.272 e. The molecule has 3 aromatic rings. The summed E-state index contributed by atoms with van der Waals surface area (Å²) in [7, 11) is 1.96. The van der Waals surface area contributed by atoms with Crippen molar-refractivity contribution in [2.75, 3.05) is 0 Å². The molecule has 3 aromatic heterocycles. The fraction of sp³-hybridized carbons (Fsp3) is 0.278. The molecule has 0 saturated heterocycles. The van der Waals surface area contributed by atoms with E-state index >= 15 is 0 Å². The molecule has 0 bridgehead atoms. The minimum atomic E-state index is -0.317. The second-order valence-corrected chi connectivity index (χ2v) is 6.81. The second-order valence-electron chi connectivity index (χ2n) is 6.81. The Balaban J connectivity index is 2.08. The Labute approximate surface area is 141 Å². The smallest absolute Gasteiger partial charge is 0.272 e. The zero-order valence-corrected chi connectivity index (χ0v) is 14.3. The van der Waals surface area contributed by atoms with E-state index in [9.17, 15) is 4.79 Å². The van der Waals surface area contributed by atoms with Crippen LogP contribution in [0.1, 0.15) is 31.3 Å². The molecule has 24 heavy (non-hydrogen) atoms. The Hall–Kier alpha value is -2.89. The van der Waals surface area contributed by atoms with Crippen LogP contribution in [0.25, 0.3) is 16.9 Å². The van der Waals surface area contributed by atoms with Gasteiger partial charge in [-0.2, -0.15) is 5.10 Å². The van der Waals surface area contributed by atoms with E-state index in [1.54, 1.807) is 17.1 Å². The first-order chi connectivity index (χ1) is 11.3. The SMILES string of the molecule is Cn1ccc(-c2cc(C(=O)NC(C)(C)C)nn2-c2cccnc2)c1. The van der Waals surface area contributed by atoms with Crippen LogP contribution in [0.15, 0.2) is 49.1 Å². The predicted molar refractivity (Wildman–Crippen MR) is 93.0 cm³/mol. The summed E-state index contributed by atoms with van der Waals surface area (Å²) in [6.45, 7) is 5.84. The molecule has 1 amide bonds. The van der Waals surface area contributed by atoms with Crippen LogP contribution in [0.2, 0.25) is 0 Å². The lowest BCUT2D eigenvalue weighted by Gasteiger charge is -2.19. The lowest BCUT2D eigenvalue weighted by molar-refractivity contribution is 0.0914. The summed E-state index contributed by atoms with van der Waals surface area (Å²) >= 11 is 0. The zero-order chi connectivity index (χ0) is 17.3. The highest BCUT2D eigenvalue weighted by molar-refractivity contribution is 5.94. The average molecular weight is 323 g/mol. The lowest BCUT2D eigenvalue weighted by atomic mass is 10.1. The van der Waals surface area contributed by atoms with Gasteiger partial charge in [-0.1, -0.05) is 0 Å². The molecular weight excluding hydrogens is 302 g/mol. The first kappa shape index (κ1) is 16.0. The maximum absolute atomic E-state index is 12.5. The van der Waals surface area contributed by atoms with Crippen molar-refractivity contribution in [3.63, 3.8) is 0 Å². The summed E-state index contributed by atoms with van der Waals surface area (Å²) in [5.41, 5.74) is 2.72. The summed E-state index contributed by atoms with van der Waals surface area (Å²) in [4.78, 5) is 16.6. The first-order valence-electron chi connectivity index (χ1n) is 7.79. The Kier molecular flexibility index (Phi) is 3.97. The van der Waals surface area contributed by atoms with Gasteiger partial charge >= 0.3 is 0 Å². The molecule has 6 heteroatoms. The standard InChI is InChI=1S/C18H21N5O/c1-18(2,3)20-17(24)15-10-16(13-7-9-22(4)12-13)23(21-15)14-6-5-8-19-11-14/h5-12H,1-4H3,(H,20,24). The van der Waals surface area contributed by atoms with Gasteiger partial charge in [0, 0.05) is 36.7 Å². The number of nitrogens with one attached hydrogen (secondary N) is 1. The lowest BCUT2D eigenvalue weighted by Crippen LogP contribution is -2.40. The molecule has 0 fully saturated rings. The molecule has 3 rings (SSSR count). The number of hydrogen-bond donors (Lipinski definition) is 1. The number of hydrogen-bond acceptors (Lipinski definition) is 3. The number of carbonyl (C=O) groups excluding carboxylic acids is 1. The Morgan fingerprint density at radius 2 is 2.04 bits per heavy atom. The van der Waals surface area contributed by atoms with Crippen molar-refractivity contribution in [3.8, 4) is 16.9 Å². The van der Waals surface area contributed by atoms with Gasteiger partial charge in [-0.3, -0.25) is 9.78 Å². The fourth-order valence-electron chi connectivity index (χ4n) is 2.43. The molecular formula is C18H21N5O. The van der Waals surface area contributed by atoms with Gasteiger partial charge in [-0.05, 0) is 45.0 Å². The molecule has 0 aromatic carbocycles. The topological polar surface area (TPSA) is 64.7 Å². The van der Waals surface area contributed by atoms with E-state index in [0.717, 1.165) is 16.9 Å². The van der Waals surface area contributed by atoms with E-state index < -0.39 is 0 Å². The van der Waals surface area contributed by atoms with Crippen molar-refractivity contribution in [1.82, 2.24) is 24.6 Å². The van der Waals surface area contributed by atoms with Crippen LogP contribution in [-0.2, 0) is 7.05 Å². The zero-order valence-electron chi connectivity index (χ0n) is 14.3. The highest BCUT2D eigenvalue weighted by Gasteiger charge is 2.21. The van der Waals surface area contributed by atoms with Crippen LogP contribution in [0, 0.1) is 0 Å². The van der Waals surface area contributed by atoms with Crippen molar-refractivity contribution >= 4 is 5.91 Å². The Morgan fingerprint density at radius 3 is 2.62 bits per heavy atom. The number of pyridine rings is 1. The monoisotopic (exact) mass is 323 g/mol. The third kappa shape index (κ3) is 3.37. The van der Waals surface area contributed by atoms with Crippen LogP contribution in [0.4, 0.5) is 0 Å². The fourth-order valence-corrected chi connectivity index (χ4v) is 2.43. The van der Waals surface area contributed by atoms with Gasteiger partial charge in [0.15, 0.2) is 5.69 Å². The van der Waals surface area contributed by atoms with Crippen LogP contribution in [-0.4, -0.2) is 30.8 Å². The highest BCUT2D eigenvalue weighted by atomic mass is 16.2. The number of rotatable bonds is 3. The molecule has 6 nitrogen and oxygen atoms in total. The molecule has 0 spiro atoms. The predicted octanol–water partition coefficient (Wildman–Crippen LogP) is 2.80. The number of carbonyl (C=O) groups is 1. The third-order valence-electron chi connectivity index (χ3n) is 3.45. The molecule has 124 valence electrons. The van der Waals surface area contributed by atoms with E-state index in [2.05, 4.69) is 15.4 Å². The number of aryl methyl sites for hydroxylation is 1. The van der Waals surface area contributed by atoms with Crippen molar-refractivity contribution in [1.29, 1.82) is 0 Å². The maximum atomic E-state index is 12.5. The number of amides is 1. The van der Waals surface area contributed by atoms with Crippen molar-refractivity contribution < 1.29 is 4.79 Å². The van der Waals surface area contributed by atoms with Gasteiger partial charge < -0.3 is 9.88 Å². The minimum Gasteiger partial charge on any atom is -0.357 e. The quantitative estimate of drug-likeness (QED) is 0.806. The summed E-state index contributed by atoms with van der Waals surface area (Å²) in [6.07, 6.45) is 7.40. The summed E-state index contributed by atoms with van der Waals surface area (Å²) in [5, 5.41) is 7.45. The Morgan fingerprint density at radius 1 is 1.25 bits per heavy atom. The van der Waals surface area contributed by atoms with E-state index in [4.69, 9.17) is 0 Å². The van der Waals surface area contributed by atoms with Crippen LogP contribution in [0.5, 0.6) is 0 Å². The second kappa shape index (κ2) is 5.96. The van der Waals surface area contributed by atoms with E-state index in [1.165, 1.54) is 0 Å². The van der Waals surface area contributed by atoms with Crippen LogP contribution < -0.4 is 5.32 Å². The van der Waals surface area contributed by atoms with Gasteiger partial charge in [0.05, 0.1) is 17.6 Å². The summed E-state index contributed by atoms with van der Waals surface area (Å²) in [5.74, 6) is -0.192. The van der Waals surface area contributed by atoms with Crippen LogP contribution >= 0.6 is 0 Å². The van der Waals surface area contributed by atoms with Gasteiger partial charge in [0.25, 0.3) is 5.91 Å². The molecule has 1 N–H and O–H groups in total. The van der Waals surface area contributed by atoms with Gasteiger partial charge in [0.2, 0.25) is 0 Å². The van der Waals surface area contributed by atoms with Gasteiger partial charge in [-0.15, -0.1) is 0 Å². The van der Waals surface area contributed by atoms with Crippen molar-refractivity contribution in [3.05, 3.63) is 54.7 Å². The summed E-state index contributed by atoms with van der Waals surface area (Å²) < 4.78 is 3.71. The van der Waals surface area contributed by atoms with E-state index in [0.29, 0.717) is 5.69 Å². The van der Waals surface area contributed by atoms with E-state index in [1.807, 2.05) is 69.0 Å². The van der Waals surface area contributed by atoms with Crippen molar-refractivity contribution in [2.24, 2.45) is 7.05 Å². The molecule has 0 aliphatic rings. The molecule has 0 radical (unpaired) electrons. The number of nitrogens with zero attached hydrogens (tertiary/aromatic N) is 4. The third-order valence-corrected chi connectivity index (χ3v) is 3.45. The number of aromatic nitrogens is 4. The molecule has 0 atom stereocenters. The van der Waals surface area contributed by atoms with E-state index in [-0.39, 0.29) is 11.4 Å². The minimum absolute atomic E-state index is 0.192. The van der Waals surface area contributed by atoms with Crippen LogP contribution in [0.3, 0.4) is 0 Å². The molecule has 3 heterocycles. The molecule has 0 saturated carbocycles. The Bertz CT molecular complexity index is 855. The normalized spacial score (nSPS) is 11.5. The molecule has 0 unspecified atom stereocenters. The first-order valence-corrected chi connectivity index (χ1v) is 7.79. The average Bonchev–Trinajstić information content (AvgIpc) is 3.12. The highest BCUT2D eigenvalue weighted by Crippen LogP contribution is 2.24. The summed E-state index contributed by atoms with van der Waals surface area (Å²) in [6, 6.07) is 7.57.